The van der Waals surface area contributed by atoms with E-state index >= 15 is 0 Å². The summed E-state index contributed by atoms with van der Waals surface area (Å²) in [6, 6.07) is 10.7. The summed E-state index contributed by atoms with van der Waals surface area (Å²) < 4.78 is 5.27. The first-order chi connectivity index (χ1) is 12.7. The van der Waals surface area contributed by atoms with Gasteiger partial charge < -0.3 is 14.5 Å². The molecular weight excluding hydrogens is 324 g/mol. The fourth-order valence-corrected chi connectivity index (χ4v) is 4.20. The van der Waals surface area contributed by atoms with Gasteiger partial charge in [0, 0.05) is 38.2 Å². The van der Waals surface area contributed by atoms with E-state index in [1.54, 1.807) is 13.4 Å². The minimum absolute atomic E-state index is 0.550. The van der Waals surface area contributed by atoms with Crippen LogP contribution in [0.1, 0.15) is 37.7 Å². The molecule has 5 heteroatoms. The fraction of sp³-hybridized carbons (Fsp3) is 0.524. The van der Waals surface area contributed by atoms with Crippen molar-refractivity contribution in [2.24, 2.45) is 5.92 Å². The average Bonchev–Trinajstić information content (AvgIpc) is 3.18. The zero-order valence-corrected chi connectivity index (χ0v) is 15.8. The highest BCUT2D eigenvalue weighted by atomic mass is 16.5. The predicted octanol–water partition coefficient (Wildman–Crippen LogP) is 3.72. The van der Waals surface area contributed by atoms with Crippen molar-refractivity contribution in [1.82, 2.24) is 9.97 Å². The first-order valence-corrected chi connectivity index (χ1v) is 9.69. The van der Waals surface area contributed by atoms with Gasteiger partial charge in [0.05, 0.1) is 7.11 Å². The Morgan fingerprint density at radius 2 is 1.69 bits per heavy atom. The smallest absolute Gasteiger partial charge is 0.134 e. The van der Waals surface area contributed by atoms with Gasteiger partial charge in [-0.15, -0.1) is 0 Å². The highest BCUT2D eigenvalue weighted by Crippen LogP contribution is 2.32. The van der Waals surface area contributed by atoms with Crippen LogP contribution >= 0.6 is 0 Å². The number of nitrogens with zero attached hydrogens (tertiary/aromatic N) is 4. The van der Waals surface area contributed by atoms with E-state index < -0.39 is 0 Å². The molecule has 26 heavy (non-hydrogen) atoms. The molecule has 2 aromatic rings. The summed E-state index contributed by atoms with van der Waals surface area (Å²) in [6.45, 7) is 6.59. The van der Waals surface area contributed by atoms with Gasteiger partial charge in [0.25, 0.3) is 0 Å². The maximum atomic E-state index is 5.27. The van der Waals surface area contributed by atoms with E-state index in [0.717, 1.165) is 55.9 Å². The normalized spacial score (nSPS) is 23.3. The van der Waals surface area contributed by atoms with Gasteiger partial charge in [-0.05, 0) is 42.9 Å². The van der Waals surface area contributed by atoms with Crippen LogP contribution in [0.5, 0.6) is 5.75 Å². The van der Waals surface area contributed by atoms with Crippen molar-refractivity contribution in [3.63, 3.8) is 0 Å². The molecular formula is C21H28N4O. The van der Waals surface area contributed by atoms with Gasteiger partial charge in [-0.25, -0.2) is 9.97 Å². The van der Waals surface area contributed by atoms with Gasteiger partial charge in [0.2, 0.25) is 0 Å². The summed E-state index contributed by atoms with van der Waals surface area (Å²) in [6.07, 6.45) is 5.46. The summed E-state index contributed by atoms with van der Waals surface area (Å²) in [5, 5.41) is 0. The summed E-state index contributed by atoms with van der Waals surface area (Å²) >= 11 is 0. The standard InChI is InChI=1S/C21H28N4O/c1-16-4-3-10-24(13-16)20-12-21(23-15-22-20)25-11-9-18(14-25)17-5-7-19(26-2)8-6-17/h5-8,12,15-16,18H,3-4,9-11,13-14H2,1-2H3. The van der Waals surface area contributed by atoms with E-state index in [4.69, 9.17) is 4.74 Å². The quantitative estimate of drug-likeness (QED) is 0.839. The van der Waals surface area contributed by atoms with Crippen molar-refractivity contribution in [3.8, 4) is 5.75 Å². The fourth-order valence-electron chi connectivity index (χ4n) is 4.20. The van der Waals surface area contributed by atoms with Gasteiger partial charge in [0.15, 0.2) is 0 Å². The van der Waals surface area contributed by atoms with Gasteiger partial charge in [-0.3, -0.25) is 0 Å². The van der Waals surface area contributed by atoms with Crippen molar-refractivity contribution >= 4 is 11.6 Å². The third kappa shape index (κ3) is 3.62. The maximum absolute atomic E-state index is 5.27. The molecule has 0 radical (unpaired) electrons. The number of rotatable bonds is 4. The SMILES string of the molecule is COc1ccc(C2CCN(c3cc(N4CCCC(C)C4)ncn3)C2)cc1. The van der Waals surface area contributed by atoms with E-state index in [2.05, 4.69) is 57.0 Å². The molecule has 138 valence electrons. The summed E-state index contributed by atoms with van der Waals surface area (Å²) in [5.41, 5.74) is 1.38. The molecule has 1 aromatic carbocycles. The first kappa shape index (κ1) is 17.1. The van der Waals surface area contributed by atoms with Crippen LogP contribution in [0.3, 0.4) is 0 Å². The van der Waals surface area contributed by atoms with Crippen LogP contribution in [0.4, 0.5) is 11.6 Å². The lowest BCUT2D eigenvalue weighted by molar-refractivity contribution is 0.414. The predicted molar refractivity (Wildman–Crippen MR) is 105 cm³/mol. The summed E-state index contributed by atoms with van der Waals surface area (Å²) in [4.78, 5) is 13.9. The Morgan fingerprint density at radius 1 is 0.962 bits per heavy atom. The molecule has 0 bridgehead atoms. The van der Waals surface area contributed by atoms with Crippen LogP contribution < -0.4 is 14.5 Å². The Kier molecular flexibility index (Phi) is 4.96. The molecule has 2 aliphatic heterocycles. The van der Waals surface area contributed by atoms with Gasteiger partial charge in [-0.2, -0.15) is 0 Å². The number of piperidine rings is 1. The van der Waals surface area contributed by atoms with Crippen molar-refractivity contribution < 1.29 is 4.74 Å². The highest BCUT2D eigenvalue weighted by molar-refractivity contribution is 5.51. The molecule has 0 amide bonds. The number of ether oxygens (including phenoxy) is 1. The number of aromatic nitrogens is 2. The monoisotopic (exact) mass is 352 g/mol. The van der Waals surface area contributed by atoms with Crippen LogP contribution in [0.2, 0.25) is 0 Å². The second kappa shape index (κ2) is 7.52. The second-order valence-corrected chi connectivity index (χ2v) is 7.63. The lowest BCUT2D eigenvalue weighted by Crippen LogP contribution is -2.35. The Bertz CT molecular complexity index is 733. The molecule has 2 aliphatic rings. The number of benzene rings is 1. The Labute approximate surface area is 156 Å². The van der Waals surface area contributed by atoms with Crippen LogP contribution in [-0.2, 0) is 0 Å². The molecule has 2 unspecified atom stereocenters. The minimum atomic E-state index is 0.550. The second-order valence-electron chi connectivity index (χ2n) is 7.63. The topological polar surface area (TPSA) is 41.5 Å². The number of hydrogen-bond donors (Lipinski definition) is 0. The molecule has 0 N–H and O–H groups in total. The number of methoxy groups -OCH3 is 1. The van der Waals surface area contributed by atoms with E-state index in [1.807, 2.05) is 0 Å². The highest BCUT2D eigenvalue weighted by Gasteiger charge is 2.26. The van der Waals surface area contributed by atoms with Crippen LogP contribution in [0, 0.1) is 5.92 Å². The zero-order valence-electron chi connectivity index (χ0n) is 15.8. The van der Waals surface area contributed by atoms with Gasteiger partial charge in [-0.1, -0.05) is 19.1 Å². The first-order valence-electron chi connectivity index (χ1n) is 9.69. The van der Waals surface area contributed by atoms with E-state index in [1.165, 1.54) is 18.4 Å². The van der Waals surface area contributed by atoms with E-state index in [-0.39, 0.29) is 0 Å². The van der Waals surface area contributed by atoms with Crippen molar-refractivity contribution in [2.45, 2.75) is 32.1 Å². The minimum Gasteiger partial charge on any atom is -0.497 e. The van der Waals surface area contributed by atoms with Crippen LogP contribution in [0.15, 0.2) is 36.7 Å². The molecule has 0 aliphatic carbocycles. The molecule has 5 nitrogen and oxygen atoms in total. The van der Waals surface area contributed by atoms with Gasteiger partial charge in [0.1, 0.15) is 23.7 Å². The van der Waals surface area contributed by atoms with E-state index in [0.29, 0.717) is 5.92 Å². The summed E-state index contributed by atoms with van der Waals surface area (Å²) in [5.74, 6) is 4.35. The third-order valence-corrected chi connectivity index (χ3v) is 5.72. The molecule has 3 heterocycles. The van der Waals surface area contributed by atoms with Crippen molar-refractivity contribution in [2.75, 3.05) is 43.1 Å². The Morgan fingerprint density at radius 3 is 2.38 bits per heavy atom. The lowest BCUT2D eigenvalue weighted by Gasteiger charge is -2.32. The van der Waals surface area contributed by atoms with E-state index in [9.17, 15) is 0 Å². The zero-order chi connectivity index (χ0) is 17.9. The van der Waals surface area contributed by atoms with Crippen LogP contribution in [0.25, 0.3) is 0 Å². The molecule has 1 aromatic heterocycles. The van der Waals surface area contributed by atoms with Crippen molar-refractivity contribution in [1.29, 1.82) is 0 Å². The van der Waals surface area contributed by atoms with Crippen molar-refractivity contribution in [3.05, 3.63) is 42.2 Å². The third-order valence-electron chi connectivity index (χ3n) is 5.72. The van der Waals surface area contributed by atoms with Gasteiger partial charge >= 0.3 is 0 Å². The maximum Gasteiger partial charge on any atom is 0.134 e. The lowest BCUT2D eigenvalue weighted by atomic mass is 9.98. The molecule has 2 atom stereocenters. The molecule has 2 fully saturated rings. The largest absolute Gasteiger partial charge is 0.497 e. The average molecular weight is 352 g/mol. The Hall–Kier alpha value is -2.30. The summed E-state index contributed by atoms with van der Waals surface area (Å²) in [7, 11) is 1.71. The van der Waals surface area contributed by atoms with Crippen LogP contribution in [-0.4, -0.2) is 43.3 Å². The molecule has 2 saturated heterocycles. The molecule has 0 spiro atoms. The number of anilines is 2. The molecule has 0 saturated carbocycles. The Balaban J connectivity index is 1.45. The number of hydrogen-bond acceptors (Lipinski definition) is 5. The molecule has 4 rings (SSSR count).